The van der Waals surface area contributed by atoms with Crippen molar-refractivity contribution < 1.29 is 13.2 Å². The van der Waals surface area contributed by atoms with Crippen molar-refractivity contribution in [1.29, 1.82) is 0 Å². The molecule has 1 aliphatic heterocycles. The number of benzene rings is 1. The Labute approximate surface area is 154 Å². The van der Waals surface area contributed by atoms with Crippen molar-refractivity contribution in [3.8, 4) is 0 Å². The van der Waals surface area contributed by atoms with Crippen LogP contribution >= 0.6 is 11.8 Å². The molecule has 3 rings (SSSR count). The number of amides is 1. The Kier molecular flexibility index (Phi) is 6.07. The molecule has 138 valence electrons. The number of sulfonamides is 1. The van der Waals surface area contributed by atoms with Crippen LogP contribution in [-0.4, -0.2) is 43.2 Å². The van der Waals surface area contributed by atoms with Gasteiger partial charge in [0.25, 0.3) is 0 Å². The fraction of sp³-hybridized carbons (Fsp3) is 0.611. The smallest absolute Gasteiger partial charge is 0.228 e. The fourth-order valence-corrected chi connectivity index (χ4v) is 5.68. The molecule has 1 saturated heterocycles. The summed E-state index contributed by atoms with van der Waals surface area (Å²) in [5.41, 5.74) is 0.775. The summed E-state index contributed by atoms with van der Waals surface area (Å²) in [4.78, 5) is 13.7. The lowest BCUT2D eigenvalue weighted by molar-refractivity contribution is -0.120. The molecule has 7 heteroatoms. The van der Waals surface area contributed by atoms with Crippen LogP contribution in [0, 0.1) is 5.92 Å². The molecule has 5 nitrogen and oxygen atoms in total. The van der Waals surface area contributed by atoms with E-state index in [0.29, 0.717) is 6.54 Å². The van der Waals surface area contributed by atoms with E-state index in [0.717, 1.165) is 23.8 Å². The standard InChI is InChI=1S/C18H26N2O3S2/c1-25(22,23)20-12-4-5-14(13-20)18(21)19-15-8-10-17(11-9-15)24-16-6-2-3-7-16/h8-11,14,16H,2-7,12-13H2,1H3,(H,19,21)/t14-/m0/s1. The minimum Gasteiger partial charge on any atom is -0.326 e. The first-order chi connectivity index (χ1) is 11.9. The summed E-state index contributed by atoms with van der Waals surface area (Å²) in [6.45, 7) is 0.788. The van der Waals surface area contributed by atoms with E-state index in [2.05, 4.69) is 17.4 Å². The van der Waals surface area contributed by atoms with Crippen molar-refractivity contribution in [1.82, 2.24) is 4.31 Å². The van der Waals surface area contributed by atoms with Gasteiger partial charge in [0.05, 0.1) is 12.2 Å². The molecule has 2 aliphatic rings. The average molecular weight is 383 g/mol. The molecule has 1 aromatic carbocycles. The molecule has 0 bridgehead atoms. The van der Waals surface area contributed by atoms with Crippen molar-refractivity contribution in [2.24, 2.45) is 5.92 Å². The molecule has 0 aromatic heterocycles. The molecule has 1 saturated carbocycles. The predicted molar refractivity (Wildman–Crippen MR) is 102 cm³/mol. The van der Waals surface area contributed by atoms with Gasteiger partial charge >= 0.3 is 0 Å². The highest BCUT2D eigenvalue weighted by Crippen LogP contribution is 2.35. The first-order valence-electron chi connectivity index (χ1n) is 8.94. The van der Waals surface area contributed by atoms with Gasteiger partial charge in [-0.3, -0.25) is 4.79 Å². The zero-order chi connectivity index (χ0) is 17.9. The van der Waals surface area contributed by atoms with Crippen LogP contribution in [0.15, 0.2) is 29.2 Å². The lowest BCUT2D eigenvalue weighted by Gasteiger charge is -2.30. The highest BCUT2D eigenvalue weighted by molar-refractivity contribution is 8.00. The zero-order valence-electron chi connectivity index (χ0n) is 14.6. The zero-order valence-corrected chi connectivity index (χ0v) is 16.2. The van der Waals surface area contributed by atoms with Gasteiger partial charge in [-0.2, -0.15) is 0 Å². The number of carbonyl (C=O) groups is 1. The van der Waals surface area contributed by atoms with E-state index in [1.165, 1.54) is 41.1 Å². The van der Waals surface area contributed by atoms with Crippen molar-refractivity contribution in [3.05, 3.63) is 24.3 Å². The third-order valence-corrected chi connectivity index (χ3v) is 7.57. The molecule has 1 atom stereocenters. The van der Waals surface area contributed by atoms with E-state index >= 15 is 0 Å². The molecule has 1 N–H and O–H groups in total. The van der Waals surface area contributed by atoms with Crippen LogP contribution in [0.5, 0.6) is 0 Å². The van der Waals surface area contributed by atoms with Crippen LogP contribution in [0.1, 0.15) is 38.5 Å². The molecule has 2 fully saturated rings. The molecular weight excluding hydrogens is 356 g/mol. The molecule has 0 spiro atoms. The van der Waals surface area contributed by atoms with Crippen molar-refractivity contribution in [3.63, 3.8) is 0 Å². The van der Waals surface area contributed by atoms with Crippen LogP contribution in [0.4, 0.5) is 5.69 Å². The Morgan fingerprint density at radius 1 is 1.12 bits per heavy atom. The lowest BCUT2D eigenvalue weighted by atomic mass is 9.99. The molecule has 1 aromatic rings. The second kappa shape index (κ2) is 8.10. The van der Waals surface area contributed by atoms with Gasteiger partial charge in [0.2, 0.25) is 15.9 Å². The maximum absolute atomic E-state index is 12.5. The van der Waals surface area contributed by atoms with Gasteiger partial charge in [0.1, 0.15) is 0 Å². The highest BCUT2D eigenvalue weighted by atomic mass is 32.2. The molecule has 0 unspecified atom stereocenters. The number of hydrogen-bond donors (Lipinski definition) is 1. The second-order valence-corrected chi connectivity index (χ2v) is 10.4. The largest absolute Gasteiger partial charge is 0.326 e. The second-order valence-electron chi connectivity index (χ2n) is 7.00. The minimum absolute atomic E-state index is 0.0930. The van der Waals surface area contributed by atoms with E-state index in [1.54, 1.807) is 0 Å². The number of nitrogens with zero attached hydrogens (tertiary/aromatic N) is 1. The van der Waals surface area contributed by atoms with Gasteiger partial charge in [-0.05, 0) is 49.9 Å². The van der Waals surface area contributed by atoms with E-state index in [-0.39, 0.29) is 18.4 Å². The number of thioether (sulfide) groups is 1. The molecule has 25 heavy (non-hydrogen) atoms. The summed E-state index contributed by atoms with van der Waals surface area (Å²) in [6, 6.07) is 7.99. The first-order valence-corrected chi connectivity index (χ1v) is 11.7. The quantitative estimate of drug-likeness (QED) is 0.848. The van der Waals surface area contributed by atoms with Crippen molar-refractivity contribution in [2.75, 3.05) is 24.7 Å². The maximum Gasteiger partial charge on any atom is 0.228 e. The summed E-state index contributed by atoms with van der Waals surface area (Å²) in [5.74, 6) is -0.374. The van der Waals surface area contributed by atoms with Crippen LogP contribution in [0.3, 0.4) is 0 Å². The molecule has 1 amide bonds. The van der Waals surface area contributed by atoms with Crippen molar-refractivity contribution >= 4 is 33.4 Å². The topological polar surface area (TPSA) is 66.5 Å². The average Bonchev–Trinajstić information content (AvgIpc) is 3.09. The Bertz CT molecular complexity index is 698. The number of anilines is 1. The van der Waals surface area contributed by atoms with Crippen LogP contribution in [0.25, 0.3) is 0 Å². The van der Waals surface area contributed by atoms with Gasteiger partial charge in [0.15, 0.2) is 0 Å². The van der Waals surface area contributed by atoms with Gasteiger partial charge < -0.3 is 5.32 Å². The summed E-state index contributed by atoms with van der Waals surface area (Å²) < 4.78 is 24.8. The molecule has 1 aliphatic carbocycles. The Balaban J connectivity index is 1.55. The van der Waals surface area contributed by atoms with E-state index in [4.69, 9.17) is 0 Å². The van der Waals surface area contributed by atoms with Gasteiger partial charge in [-0.15, -0.1) is 11.8 Å². The third kappa shape index (κ3) is 5.21. The number of carbonyl (C=O) groups excluding carboxylic acids is 1. The highest BCUT2D eigenvalue weighted by Gasteiger charge is 2.30. The van der Waals surface area contributed by atoms with Crippen LogP contribution < -0.4 is 5.32 Å². The van der Waals surface area contributed by atoms with Gasteiger partial charge in [-0.25, -0.2) is 12.7 Å². The molecule has 0 radical (unpaired) electrons. The Hall–Kier alpha value is -1.05. The number of piperidine rings is 1. The van der Waals surface area contributed by atoms with Gasteiger partial charge in [-0.1, -0.05) is 12.8 Å². The predicted octanol–water partition coefficient (Wildman–Crippen LogP) is 3.33. The van der Waals surface area contributed by atoms with Crippen LogP contribution in [0.2, 0.25) is 0 Å². The molecular formula is C18H26N2O3S2. The fourth-order valence-electron chi connectivity index (χ4n) is 3.52. The third-order valence-electron chi connectivity index (χ3n) is 4.95. The summed E-state index contributed by atoms with van der Waals surface area (Å²) in [5, 5.41) is 3.66. The summed E-state index contributed by atoms with van der Waals surface area (Å²) in [7, 11) is -3.23. The summed E-state index contributed by atoms with van der Waals surface area (Å²) in [6.07, 6.45) is 7.91. The maximum atomic E-state index is 12.5. The lowest BCUT2D eigenvalue weighted by Crippen LogP contribution is -2.43. The van der Waals surface area contributed by atoms with Crippen molar-refractivity contribution in [2.45, 2.75) is 48.7 Å². The SMILES string of the molecule is CS(=O)(=O)N1CCC[C@H](C(=O)Nc2ccc(SC3CCCC3)cc2)C1. The Morgan fingerprint density at radius 2 is 1.80 bits per heavy atom. The van der Waals surface area contributed by atoms with E-state index in [1.807, 2.05) is 23.9 Å². The summed E-state index contributed by atoms with van der Waals surface area (Å²) >= 11 is 1.92. The number of hydrogen-bond acceptors (Lipinski definition) is 4. The van der Waals surface area contributed by atoms with Crippen LogP contribution in [-0.2, 0) is 14.8 Å². The van der Waals surface area contributed by atoms with E-state index < -0.39 is 10.0 Å². The normalized spacial score (nSPS) is 22.8. The first kappa shape index (κ1) is 18.7. The molecule has 1 heterocycles. The minimum atomic E-state index is -3.23. The van der Waals surface area contributed by atoms with Gasteiger partial charge in [0, 0.05) is 28.9 Å². The number of nitrogens with one attached hydrogen (secondary N) is 1. The van der Waals surface area contributed by atoms with E-state index in [9.17, 15) is 13.2 Å². The Morgan fingerprint density at radius 3 is 2.44 bits per heavy atom. The monoisotopic (exact) mass is 382 g/mol. The number of rotatable bonds is 5.